The minimum absolute atomic E-state index is 0.0837. The summed E-state index contributed by atoms with van der Waals surface area (Å²) in [5.74, 6) is -0.408. The first-order chi connectivity index (χ1) is 43.9. The van der Waals surface area contributed by atoms with Crippen molar-refractivity contribution in [3.05, 3.63) is 222 Å². The quantitative estimate of drug-likeness (QED) is 0.0125. The summed E-state index contributed by atoms with van der Waals surface area (Å²) in [5.41, 5.74) is 10.2. The van der Waals surface area contributed by atoms with Gasteiger partial charge in [-0.1, -0.05) is 102 Å². The van der Waals surface area contributed by atoms with E-state index in [1.54, 1.807) is 24.3 Å². The van der Waals surface area contributed by atoms with Crippen molar-refractivity contribution >= 4 is 23.3 Å². The molecule has 490 valence electrons. The maximum absolute atomic E-state index is 13.5. The number of hydrogen-bond donors (Lipinski definition) is 0. The zero-order valence-electron chi connectivity index (χ0n) is 55.3. The third kappa shape index (κ3) is 25.8. The molecule has 0 N–H and O–H groups in total. The molecular weight excluding hydrogens is 1140 g/mol. The highest BCUT2D eigenvalue weighted by Crippen LogP contribution is 2.28. The first-order valence-corrected chi connectivity index (χ1v) is 33.9. The highest BCUT2D eigenvalue weighted by molar-refractivity contribution is 5.69. The monoisotopic (exact) mass is 1250 g/mol. The van der Waals surface area contributed by atoms with Crippen LogP contribution in [0.2, 0.25) is 0 Å². The lowest BCUT2D eigenvalue weighted by molar-refractivity contribution is -0.945. The number of likely N-dealkylation sites (tertiary alicyclic amines) is 2. The lowest BCUT2D eigenvalue weighted by Gasteiger charge is -2.42. The average molecular weight is 1250 g/mol. The maximum Gasteiger partial charge on any atom is 0.305 e. The Hall–Kier alpha value is -7.17. The van der Waals surface area contributed by atoms with Crippen molar-refractivity contribution in [2.45, 2.75) is 169 Å². The molecule has 8 rings (SSSR count). The standard InChI is InChI=1S/C38H52FN3O4.C38H53N3O4/c1-32-12-14-33(15-13-32)29-41(2,30-34-16-20-36(39)21-17-34)24-6-4-10-28-46-38(43)11-5-9-27-42(25-7-3-8-26-42)31-35-18-22-37(23-19-35)40(44)45;1-33-17-19-35(20-18-33)31-40(2,30-34-14-6-3-7-15-34)25-9-5-13-29-45-38(42)16-8-12-28-41(26-10-4-11-27-41)32-36-21-23-37(24-22-36)39(43)44/h12-23H,3-11,24-31H2,1-2H3;3,6-7,14-15,17-24H,4-5,8-13,16,25-32H2,1-2H3/q2*+2. The summed E-state index contributed by atoms with van der Waals surface area (Å²) in [5, 5.41) is 22.1. The topological polar surface area (TPSA) is 139 Å². The summed E-state index contributed by atoms with van der Waals surface area (Å²) in [6.45, 7) is 19.3. The molecule has 2 atom stereocenters. The van der Waals surface area contributed by atoms with Crippen LogP contribution in [0.15, 0.2) is 152 Å². The van der Waals surface area contributed by atoms with Crippen LogP contribution in [0.1, 0.15) is 160 Å². The highest BCUT2D eigenvalue weighted by Gasteiger charge is 2.32. The molecule has 6 aromatic carbocycles. The molecule has 2 heterocycles. The number of aryl methyl sites for hydroxylation is 2. The second-order valence-corrected chi connectivity index (χ2v) is 27.2. The molecule has 2 aliphatic rings. The summed E-state index contributed by atoms with van der Waals surface area (Å²) in [6, 6.07) is 49.2. The normalized spacial score (nSPS) is 15.7. The molecule has 2 unspecified atom stereocenters. The minimum atomic E-state index is -0.352. The number of halogens is 1. The number of non-ortho nitro benzene ring substituents is 2. The van der Waals surface area contributed by atoms with Crippen molar-refractivity contribution in [2.75, 3.05) is 79.7 Å². The van der Waals surface area contributed by atoms with E-state index in [9.17, 15) is 34.2 Å². The summed E-state index contributed by atoms with van der Waals surface area (Å²) < 4.78 is 28.5. The Bertz CT molecular complexity index is 3070. The van der Waals surface area contributed by atoms with E-state index in [1.165, 1.54) is 78.5 Å². The number of carbonyl (C=O) groups is 2. The summed E-state index contributed by atoms with van der Waals surface area (Å²) in [6.07, 6.45) is 17.8. The number of unbranched alkanes of at least 4 members (excludes halogenated alkanes) is 6. The Balaban J connectivity index is 0.000000259. The number of esters is 2. The van der Waals surface area contributed by atoms with E-state index in [0.717, 1.165) is 190 Å². The lowest BCUT2D eigenvalue weighted by atomic mass is 10.0. The van der Waals surface area contributed by atoms with Crippen LogP contribution in [0.4, 0.5) is 15.8 Å². The van der Waals surface area contributed by atoms with E-state index >= 15 is 0 Å². The van der Waals surface area contributed by atoms with Crippen LogP contribution < -0.4 is 0 Å². The molecule has 2 fully saturated rings. The number of nitro groups is 2. The van der Waals surface area contributed by atoms with Crippen LogP contribution in [0.25, 0.3) is 0 Å². The minimum Gasteiger partial charge on any atom is -0.466 e. The zero-order chi connectivity index (χ0) is 64.8. The SMILES string of the molecule is Cc1ccc(C[N+](C)(CCCCCOC(=O)CCCC[N+]2(Cc3ccc([N+](=O)[O-])cc3)CCCCC2)Cc2ccc(F)cc2)cc1.Cc1ccc(C[N+](C)(CCCCCOC(=O)CCCC[N+]2(Cc3ccc([N+](=O)[O-])cc3)CCCCC2)Cc2ccccc2)cc1. The first-order valence-electron chi connectivity index (χ1n) is 33.9. The maximum atomic E-state index is 13.5. The molecular formula is C76H105FN6O8+4. The average Bonchev–Trinajstić information content (AvgIpc) is 1.99. The van der Waals surface area contributed by atoms with Gasteiger partial charge >= 0.3 is 11.9 Å². The van der Waals surface area contributed by atoms with Gasteiger partial charge in [0.15, 0.2) is 0 Å². The largest absolute Gasteiger partial charge is 0.466 e. The third-order valence-corrected chi connectivity index (χ3v) is 18.9. The number of rotatable bonds is 36. The van der Waals surface area contributed by atoms with Gasteiger partial charge in [0.25, 0.3) is 11.4 Å². The molecule has 0 aromatic heterocycles. The number of benzene rings is 6. The van der Waals surface area contributed by atoms with Gasteiger partial charge in [0, 0.05) is 70.5 Å². The fourth-order valence-corrected chi connectivity index (χ4v) is 13.8. The highest BCUT2D eigenvalue weighted by atomic mass is 19.1. The van der Waals surface area contributed by atoms with Gasteiger partial charge in [-0.3, -0.25) is 29.8 Å². The fourth-order valence-electron chi connectivity index (χ4n) is 13.8. The Morgan fingerprint density at radius 2 is 0.769 bits per heavy atom. The van der Waals surface area contributed by atoms with Crippen LogP contribution in [-0.2, 0) is 58.3 Å². The molecule has 0 bridgehead atoms. The smallest absolute Gasteiger partial charge is 0.305 e. The summed E-state index contributed by atoms with van der Waals surface area (Å²) in [4.78, 5) is 46.3. The number of carbonyl (C=O) groups excluding carboxylic acids is 2. The lowest BCUT2D eigenvalue weighted by Crippen LogP contribution is -2.51. The Kier molecular flexibility index (Phi) is 28.8. The van der Waals surface area contributed by atoms with Gasteiger partial charge in [-0.15, -0.1) is 0 Å². The second-order valence-electron chi connectivity index (χ2n) is 27.2. The number of ether oxygens (including phenoxy) is 2. The van der Waals surface area contributed by atoms with Crippen molar-refractivity contribution in [3.63, 3.8) is 0 Å². The van der Waals surface area contributed by atoms with Gasteiger partial charge in [-0.25, -0.2) is 4.39 Å². The van der Waals surface area contributed by atoms with E-state index in [2.05, 4.69) is 107 Å². The molecule has 6 aromatic rings. The van der Waals surface area contributed by atoms with Gasteiger partial charge in [0.05, 0.1) is 89.5 Å². The fraction of sp³-hybridized carbons (Fsp3) is 0.500. The molecule has 15 heteroatoms. The molecule has 0 amide bonds. The van der Waals surface area contributed by atoms with E-state index in [-0.39, 0.29) is 39.0 Å². The van der Waals surface area contributed by atoms with Gasteiger partial charge < -0.3 is 27.4 Å². The summed E-state index contributed by atoms with van der Waals surface area (Å²) in [7, 11) is 4.63. The summed E-state index contributed by atoms with van der Waals surface area (Å²) >= 11 is 0. The van der Waals surface area contributed by atoms with Gasteiger partial charge in [-0.2, -0.15) is 0 Å². The molecule has 0 radical (unpaired) electrons. The van der Waals surface area contributed by atoms with Crippen LogP contribution in [0.5, 0.6) is 0 Å². The van der Waals surface area contributed by atoms with Crippen LogP contribution in [0, 0.1) is 39.9 Å². The van der Waals surface area contributed by atoms with Gasteiger partial charge in [0.2, 0.25) is 0 Å². The zero-order valence-corrected chi connectivity index (χ0v) is 55.3. The molecule has 2 saturated heterocycles. The van der Waals surface area contributed by atoms with Crippen molar-refractivity contribution in [1.82, 2.24) is 0 Å². The molecule has 91 heavy (non-hydrogen) atoms. The molecule has 0 aliphatic carbocycles. The number of quaternary nitrogens is 4. The van der Waals surface area contributed by atoms with Crippen LogP contribution in [-0.4, -0.2) is 119 Å². The molecule has 14 nitrogen and oxygen atoms in total. The first kappa shape index (κ1) is 71.3. The predicted molar refractivity (Wildman–Crippen MR) is 360 cm³/mol. The van der Waals surface area contributed by atoms with Crippen LogP contribution in [0.3, 0.4) is 0 Å². The van der Waals surface area contributed by atoms with Crippen molar-refractivity contribution in [1.29, 1.82) is 0 Å². The van der Waals surface area contributed by atoms with E-state index in [0.29, 0.717) is 26.1 Å². The van der Waals surface area contributed by atoms with Crippen molar-refractivity contribution < 1.29 is 51.2 Å². The van der Waals surface area contributed by atoms with E-state index < -0.39 is 0 Å². The van der Waals surface area contributed by atoms with E-state index in [1.807, 2.05) is 36.4 Å². The molecule has 0 saturated carbocycles. The Morgan fingerprint density at radius 3 is 1.13 bits per heavy atom. The van der Waals surface area contributed by atoms with Gasteiger partial charge in [0.1, 0.15) is 45.1 Å². The second kappa shape index (κ2) is 36.8. The number of hydrogen-bond acceptors (Lipinski definition) is 8. The number of nitro benzene ring substituents is 2. The number of nitrogens with zero attached hydrogens (tertiary/aromatic N) is 6. The Morgan fingerprint density at radius 1 is 0.429 bits per heavy atom. The molecule has 2 aliphatic heterocycles. The third-order valence-electron chi connectivity index (χ3n) is 18.9. The Labute approximate surface area is 542 Å². The van der Waals surface area contributed by atoms with Crippen molar-refractivity contribution in [2.24, 2.45) is 0 Å². The van der Waals surface area contributed by atoms with Crippen LogP contribution >= 0.6 is 0 Å². The van der Waals surface area contributed by atoms with Gasteiger partial charge in [-0.05, 0) is 153 Å². The van der Waals surface area contributed by atoms with E-state index in [4.69, 9.17) is 9.47 Å². The molecule has 0 spiro atoms. The number of piperidine rings is 2. The van der Waals surface area contributed by atoms with Crippen molar-refractivity contribution in [3.8, 4) is 0 Å². The predicted octanol–water partition coefficient (Wildman–Crippen LogP) is 16.4.